The van der Waals surface area contributed by atoms with E-state index in [2.05, 4.69) is 0 Å². The Morgan fingerprint density at radius 2 is 1.95 bits per heavy atom. The van der Waals surface area contributed by atoms with E-state index in [1.165, 1.54) is 17.2 Å². The van der Waals surface area contributed by atoms with Gasteiger partial charge >= 0.3 is 5.97 Å². The summed E-state index contributed by atoms with van der Waals surface area (Å²) < 4.78 is 4.91. The molecular formula is C15H12ClNO4. The molecule has 0 unspecified atom stereocenters. The summed E-state index contributed by atoms with van der Waals surface area (Å²) in [5.41, 5.74) is 2.08. The summed E-state index contributed by atoms with van der Waals surface area (Å²) in [5.74, 6) is -1.46. The van der Waals surface area contributed by atoms with E-state index < -0.39 is 17.9 Å². The Balaban J connectivity index is 1.98. The molecule has 1 aliphatic rings. The molecule has 0 saturated heterocycles. The van der Waals surface area contributed by atoms with Crippen molar-refractivity contribution in [1.29, 1.82) is 0 Å². The summed E-state index contributed by atoms with van der Waals surface area (Å²) in [6.07, 6.45) is 1.59. The van der Waals surface area contributed by atoms with Crippen LogP contribution in [0.25, 0.3) is 0 Å². The molecule has 21 heavy (non-hydrogen) atoms. The minimum atomic E-state index is -1.03. The van der Waals surface area contributed by atoms with E-state index in [0.29, 0.717) is 0 Å². The highest BCUT2D eigenvalue weighted by Crippen LogP contribution is 2.27. The molecule has 1 N–H and O–H groups in total. The maximum atomic E-state index is 12.5. The molecule has 2 heterocycles. The van der Waals surface area contributed by atoms with E-state index in [0.717, 1.165) is 11.1 Å². The fraction of sp³-hybridized carbons (Fsp3) is 0.200. The van der Waals surface area contributed by atoms with Gasteiger partial charge in [0, 0.05) is 13.0 Å². The van der Waals surface area contributed by atoms with Gasteiger partial charge in [-0.05, 0) is 28.8 Å². The lowest BCUT2D eigenvalue weighted by atomic mass is 9.93. The first kappa shape index (κ1) is 13.7. The number of halogens is 1. The van der Waals surface area contributed by atoms with Crippen molar-refractivity contribution in [3.63, 3.8) is 0 Å². The molecule has 0 bridgehead atoms. The van der Waals surface area contributed by atoms with E-state index in [4.69, 9.17) is 16.0 Å². The highest BCUT2D eigenvalue weighted by molar-refractivity contribution is 6.32. The summed E-state index contributed by atoms with van der Waals surface area (Å²) in [6, 6.07) is 8.06. The van der Waals surface area contributed by atoms with Crippen LogP contribution in [0.1, 0.15) is 21.5 Å². The molecule has 0 fully saturated rings. The summed E-state index contributed by atoms with van der Waals surface area (Å²) in [4.78, 5) is 25.3. The van der Waals surface area contributed by atoms with Crippen molar-refractivity contribution in [2.75, 3.05) is 0 Å². The number of furan rings is 1. The second-order valence-corrected chi connectivity index (χ2v) is 5.21. The Bertz CT molecular complexity index is 709. The number of amides is 1. The SMILES string of the molecule is O=C(O)[C@H]1Cc2ccccc2CN1C(=O)c1ccoc1Cl. The third-order valence-corrected chi connectivity index (χ3v) is 3.94. The van der Waals surface area contributed by atoms with Crippen LogP contribution < -0.4 is 0 Å². The Morgan fingerprint density at radius 1 is 1.24 bits per heavy atom. The van der Waals surface area contributed by atoms with Crippen LogP contribution in [-0.4, -0.2) is 27.9 Å². The van der Waals surface area contributed by atoms with Gasteiger partial charge < -0.3 is 14.4 Å². The number of hydrogen-bond acceptors (Lipinski definition) is 3. The molecule has 6 heteroatoms. The largest absolute Gasteiger partial charge is 0.480 e. The van der Waals surface area contributed by atoms with Gasteiger partial charge in [0.25, 0.3) is 5.91 Å². The standard InChI is InChI=1S/C15H12ClNO4/c16-13-11(5-6-21-13)14(18)17-8-10-4-2-1-3-9(10)7-12(17)15(19)20/h1-6,12H,7-8H2,(H,19,20)/t12-/m1/s1. The van der Waals surface area contributed by atoms with Crippen LogP contribution in [0.3, 0.4) is 0 Å². The van der Waals surface area contributed by atoms with Crippen LogP contribution in [-0.2, 0) is 17.8 Å². The number of rotatable bonds is 2. The van der Waals surface area contributed by atoms with Crippen molar-refractivity contribution in [2.24, 2.45) is 0 Å². The van der Waals surface area contributed by atoms with Gasteiger partial charge in [-0.25, -0.2) is 4.79 Å². The molecule has 1 atom stereocenters. The Hall–Kier alpha value is -2.27. The molecule has 0 spiro atoms. The lowest BCUT2D eigenvalue weighted by molar-refractivity contribution is -0.142. The molecule has 3 rings (SSSR count). The summed E-state index contributed by atoms with van der Waals surface area (Å²) in [7, 11) is 0. The predicted molar refractivity (Wildman–Crippen MR) is 75.2 cm³/mol. The van der Waals surface area contributed by atoms with E-state index in [9.17, 15) is 14.7 Å². The molecule has 1 aromatic carbocycles. The molecule has 1 aliphatic heterocycles. The van der Waals surface area contributed by atoms with E-state index >= 15 is 0 Å². The maximum Gasteiger partial charge on any atom is 0.326 e. The highest BCUT2D eigenvalue weighted by Gasteiger charge is 2.35. The van der Waals surface area contributed by atoms with Crippen LogP contribution in [0.4, 0.5) is 0 Å². The first-order valence-electron chi connectivity index (χ1n) is 6.41. The van der Waals surface area contributed by atoms with E-state index in [-0.39, 0.29) is 23.7 Å². The number of benzene rings is 1. The zero-order valence-electron chi connectivity index (χ0n) is 11.0. The Morgan fingerprint density at radius 3 is 2.57 bits per heavy atom. The maximum absolute atomic E-state index is 12.5. The average Bonchev–Trinajstić information content (AvgIpc) is 2.91. The minimum absolute atomic E-state index is 0.0250. The monoisotopic (exact) mass is 305 g/mol. The second kappa shape index (κ2) is 5.26. The number of carboxylic acid groups (broad SMARTS) is 1. The minimum Gasteiger partial charge on any atom is -0.480 e. The second-order valence-electron chi connectivity index (χ2n) is 4.87. The first-order valence-corrected chi connectivity index (χ1v) is 6.79. The van der Waals surface area contributed by atoms with Gasteiger partial charge in [0.1, 0.15) is 6.04 Å². The summed E-state index contributed by atoms with van der Waals surface area (Å²) >= 11 is 5.82. The molecule has 108 valence electrons. The lowest BCUT2D eigenvalue weighted by Gasteiger charge is -2.34. The third kappa shape index (κ3) is 2.40. The van der Waals surface area contributed by atoms with Crippen molar-refractivity contribution in [1.82, 2.24) is 4.90 Å². The van der Waals surface area contributed by atoms with Crippen LogP contribution in [0, 0.1) is 0 Å². The predicted octanol–water partition coefficient (Wildman–Crippen LogP) is 2.58. The van der Waals surface area contributed by atoms with Crippen LogP contribution in [0.15, 0.2) is 41.0 Å². The number of aliphatic carboxylic acids is 1. The van der Waals surface area contributed by atoms with E-state index in [1.54, 1.807) is 0 Å². The number of carbonyl (C=O) groups is 2. The number of nitrogens with zero attached hydrogens (tertiary/aromatic N) is 1. The van der Waals surface area contributed by atoms with Gasteiger partial charge in [0.2, 0.25) is 5.22 Å². The molecule has 5 nitrogen and oxygen atoms in total. The fourth-order valence-electron chi connectivity index (χ4n) is 2.56. The van der Waals surface area contributed by atoms with Crippen LogP contribution in [0.2, 0.25) is 5.22 Å². The molecule has 0 aliphatic carbocycles. The van der Waals surface area contributed by atoms with Crippen molar-refractivity contribution in [3.05, 3.63) is 58.5 Å². The van der Waals surface area contributed by atoms with Crippen molar-refractivity contribution < 1.29 is 19.1 Å². The molecule has 1 amide bonds. The van der Waals surface area contributed by atoms with Gasteiger partial charge in [-0.15, -0.1) is 0 Å². The molecule has 0 radical (unpaired) electrons. The van der Waals surface area contributed by atoms with Crippen LogP contribution >= 0.6 is 11.6 Å². The van der Waals surface area contributed by atoms with Gasteiger partial charge in [0.05, 0.1) is 11.8 Å². The number of carboxylic acids is 1. The molecule has 1 aromatic heterocycles. The number of fused-ring (bicyclic) bond motifs is 1. The summed E-state index contributed by atoms with van der Waals surface area (Å²) in [5, 5.41) is 9.37. The highest BCUT2D eigenvalue weighted by atomic mass is 35.5. The molecule has 2 aromatic rings. The number of carbonyl (C=O) groups excluding carboxylic acids is 1. The van der Waals surface area contributed by atoms with Crippen LogP contribution in [0.5, 0.6) is 0 Å². The Labute approximate surface area is 125 Å². The molecule has 0 saturated carbocycles. The molecular weight excluding hydrogens is 294 g/mol. The third-order valence-electron chi connectivity index (χ3n) is 3.64. The quantitative estimate of drug-likeness (QED) is 0.925. The van der Waals surface area contributed by atoms with Crippen molar-refractivity contribution in [3.8, 4) is 0 Å². The van der Waals surface area contributed by atoms with Gasteiger partial charge in [-0.1, -0.05) is 24.3 Å². The zero-order valence-corrected chi connectivity index (χ0v) is 11.7. The normalized spacial score (nSPS) is 17.4. The topological polar surface area (TPSA) is 70.8 Å². The van der Waals surface area contributed by atoms with Gasteiger partial charge in [0.15, 0.2) is 0 Å². The van der Waals surface area contributed by atoms with Crippen molar-refractivity contribution >= 4 is 23.5 Å². The number of hydrogen-bond donors (Lipinski definition) is 1. The Kier molecular flexibility index (Phi) is 3.43. The smallest absolute Gasteiger partial charge is 0.326 e. The first-order chi connectivity index (χ1) is 10.1. The average molecular weight is 306 g/mol. The van der Waals surface area contributed by atoms with Gasteiger partial charge in [-0.2, -0.15) is 0 Å². The fourth-order valence-corrected chi connectivity index (χ4v) is 2.75. The van der Waals surface area contributed by atoms with E-state index in [1.807, 2.05) is 24.3 Å². The summed E-state index contributed by atoms with van der Waals surface area (Å²) in [6.45, 7) is 0.244. The zero-order chi connectivity index (χ0) is 15.0. The van der Waals surface area contributed by atoms with Gasteiger partial charge in [-0.3, -0.25) is 4.79 Å². The lowest BCUT2D eigenvalue weighted by Crippen LogP contribution is -2.48. The van der Waals surface area contributed by atoms with Crippen molar-refractivity contribution in [2.45, 2.75) is 19.0 Å².